The lowest BCUT2D eigenvalue weighted by Gasteiger charge is -2.15. The number of nitrogens with two attached hydrogens (primary N) is 1. The van der Waals surface area contributed by atoms with Crippen molar-refractivity contribution in [3.05, 3.63) is 12.2 Å². The topological polar surface area (TPSA) is 92.8 Å². The third kappa shape index (κ3) is 16.3. The van der Waals surface area contributed by atoms with Gasteiger partial charge in [0, 0.05) is 6.92 Å². The zero-order valence-corrected chi connectivity index (χ0v) is 16.2. The standard InChI is InChI=1S/C20H39NO4/c1-3-4-5-6-7-8-9-10-11-12-13-18(23)14-15-20(24)19(21)16-25-17(2)22/h14-15,18-20,23-24H,3-13,16,21H2,1-2H3/b15-14+/t18?,19-,20+/m0/s1. The Labute approximate surface area is 153 Å². The molecule has 5 nitrogen and oxygen atoms in total. The molecule has 0 saturated carbocycles. The van der Waals surface area contributed by atoms with Crippen molar-refractivity contribution in [3.8, 4) is 0 Å². The van der Waals surface area contributed by atoms with Crippen molar-refractivity contribution in [2.75, 3.05) is 6.61 Å². The minimum Gasteiger partial charge on any atom is -0.464 e. The number of hydrogen-bond acceptors (Lipinski definition) is 5. The summed E-state index contributed by atoms with van der Waals surface area (Å²) in [5.74, 6) is -0.423. The maximum Gasteiger partial charge on any atom is 0.302 e. The van der Waals surface area contributed by atoms with E-state index in [2.05, 4.69) is 6.92 Å². The number of carbonyl (C=O) groups excluding carboxylic acids is 1. The molecular weight excluding hydrogens is 318 g/mol. The predicted molar refractivity (Wildman–Crippen MR) is 102 cm³/mol. The Balaban J connectivity index is 3.59. The first-order valence-corrected chi connectivity index (χ1v) is 9.90. The number of ether oxygens (including phenoxy) is 1. The van der Waals surface area contributed by atoms with Gasteiger partial charge in [0.05, 0.1) is 18.2 Å². The molecule has 0 amide bonds. The van der Waals surface area contributed by atoms with Crippen LogP contribution in [0.4, 0.5) is 0 Å². The molecule has 0 spiro atoms. The normalized spacial score (nSPS) is 15.2. The quantitative estimate of drug-likeness (QED) is 0.223. The Morgan fingerprint density at radius 3 is 2.00 bits per heavy atom. The highest BCUT2D eigenvalue weighted by atomic mass is 16.5. The van der Waals surface area contributed by atoms with Crippen molar-refractivity contribution in [2.45, 2.75) is 103 Å². The summed E-state index contributed by atoms with van der Waals surface area (Å²) in [5, 5.41) is 19.7. The van der Waals surface area contributed by atoms with Crippen molar-refractivity contribution in [1.82, 2.24) is 0 Å². The van der Waals surface area contributed by atoms with Gasteiger partial charge in [-0.05, 0) is 6.42 Å². The van der Waals surface area contributed by atoms with Crippen LogP contribution in [0.2, 0.25) is 0 Å². The monoisotopic (exact) mass is 357 g/mol. The molecule has 0 aromatic carbocycles. The van der Waals surface area contributed by atoms with Gasteiger partial charge < -0.3 is 20.7 Å². The molecule has 3 atom stereocenters. The van der Waals surface area contributed by atoms with Gasteiger partial charge in [0.1, 0.15) is 6.61 Å². The van der Waals surface area contributed by atoms with E-state index in [9.17, 15) is 15.0 Å². The molecule has 0 aromatic heterocycles. The Hall–Kier alpha value is -0.910. The fourth-order valence-electron chi connectivity index (χ4n) is 2.63. The average Bonchev–Trinajstić information content (AvgIpc) is 2.59. The molecule has 4 N–H and O–H groups in total. The molecule has 0 aliphatic heterocycles. The summed E-state index contributed by atoms with van der Waals surface area (Å²) in [4.78, 5) is 10.7. The Morgan fingerprint density at radius 1 is 0.960 bits per heavy atom. The van der Waals surface area contributed by atoms with Gasteiger partial charge in [-0.3, -0.25) is 4.79 Å². The first-order chi connectivity index (χ1) is 12.0. The van der Waals surface area contributed by atoms with Gasteiger partial charge in [-0.15, -0.1) is 0 Å². The van der Waals surface area contributed by atoms with Crippen LogP contribution in [0.25, 0.3) is 0 Å². The SMILES string of the molecule is CCCCCCCCCCCCC(O)/C=C/[C@@H](O)[C@@H](N)COC(C)=O. The van der Waals surface area contributed by atoms with Crippen LogP contribution in [0.15, 0.2) is 12.2 Å². The number of rotatable bonds is 16. The summed E-state index contributed by atoms with van der Waals surface area (Å²) in [6.45, 7) is 3.50. The van der Waals surface area contributed by atoms with E-state index in [0.717, 1.165) is 12.8 Å². The summed E-state index contributed by atoms with van der Waals surface area (Å²) in [6.07, 6.45) is 14.9. The van der Waals surface area contributed by atoms with Crippen molar-refractivity contribution in [1.29, 1.82) is 0 Å². The molecular formula is C20H39NO4. The average molecular weight is 358 g/mol. The molecule has 1 unspecified atom stereocenters. The second-order valence-corrected chi connectivity index (χ2v) is 6.88. The second kappa shape index (κ2) is 16.6. The molecule has 25 heavy (non-hydrogen) atoms. The maximum atomic E-state index is 10.7. The minimum atomic E-state index is -0.929. The molecule has 148 valence electrons. The molecule has 0 saturated heterocycles. The molecule has 0 aromatic rings. The van der Waals surface area contributed by atoms with Crippen molar-refractivity contribution in [2.24, 2.45) is 5.73 Å². The maximum absolute atomic E-state index is 10.7. The summed E-state index contributed by atoms with van der Waals surface area (Å²) in [7, 11) is 0. The largest absolute Gasteiger partial charge is 0.464 e. The lowest BCUT2D eigenvalue weighted by atomic mass is 10.0. The summed E-state index contributed by atoms with van der Waals surface area (Å²) in [6, 6.07) is -0.676. The van der Waals surface area contributed by atoms with Crippen molar-refractivity contribution < 1.29 is 19.7 Å². The van der Waals surface area contributed by atoms with Crippen molar-refractivity contribution in [3.63, 3.8) is 0 Å². The molecule has 0 fully saturated rings. The number of aliphatic hydroxyl groups is 2. The van der Waals surface area contributed by atoms with E-state index in [0.29, 0.717) is 6.42 Å². The summed E-state index contributed by atoms with van der Waals surface area (Å²) >= 11 is 0. The first kappa shape index (κ1) is 24.1. The fourth-order valence-corrected chi connectivity index (χ4v) is 2.63. The lowest BCUT2D eigenvalue weighted by Crippen LogP contribution is -2.38. The number of esters is 1. The van der Waals surface area contributed by atoms with Gasteiger partial charge in [-0.1, -0.05) is 83.3 Å². The van der Waals surface area contributed by atoms with Gasteiger partial charge >= 0.3 is 5.97 Å². The first-order valence-electron chi connectivity index (χ1n) is 9.90. The third-order valence-corrected chi connectivity index (χ3v) is 4.30. The smallest absolute Gasteiger partial charge is 0.302 e. The van der Waals surface area contributed by atoms with E-state index in [4.69, 9.17) is 10.5 Å². The summed E-state index contributed by atoms with van der Waals surface area (Å²) in [5.41, 5.74) is 5.70. The second-order valence-electron chi connectivity index (χ2n) is 6.88. The van der Waals surface area contributed by atoms with Gasteiger partial charge in [0.2, 0.25) is 0 Å². The molecule has 5 heteroatoms. The number of carbonyl (C=O) groups is 1. The van der Waals surface area contributed by atoms with Crippen LogP contribution in [0.3, 0.4) is 0 Å². The minimum absolute atomic E-state index is 0.0324. The van der Waals surface area contributed by atoms with E-state index in [1.807, 2.05) is 0 Å². The van der Waals surface area contributed by atoms with Gasteiger partial charge in [0.15, 0.2) is 0 Å². The highest BCUT2D eigenvalue weighted by Crippen LogP contribution is 2.12. The molecule has 0 radical (unpaired) electrons. The van der Waals surface area contributed by atoms with Crippen molar-refractivity contribution >= 4 is 5.97 Å². The number of unbranched alkanes of at least 4 members (excludes halogenated alkanes) is 9. The molecule has 0 heterocycles. The highest BCUT2D eigenvalue weighted by molar-refractivity contribution is 5.65. The Bertz CT molecular complexity index is 347. The lowest BCUT2D eigenvalue weighted by molar-refractivity contribution is -0.141. The van der Waals surface area contributed by atoms with Gasteiger partial charge in [-0.2, -0.15) is 0 Å². The third-order valence-electron chi connectivity index (χ3n) is 4.30. The van der Waals surface area contributed by atoms with E-state index in [-0.39, 0.29) is 6.61 Å². The Kier molecular flexibility index (Phi) is 16.0. The van der Waals surface area contributed by atoms with E-state index < -0.39 is 24.2 Å². The van der Waals surface area contributed by atoms with Gasteiger partial charge in [0.25, 0.3) is 0 Å². The number of hydrogen-bond donors (Lipinski definition) is 3. The van der Waals surface area contributed by atoms with E-state index in [1.54, 1.807) is 6.08 Å². The zero-order valence-electron chi connectivity index (χ0n) is 16.2. The molecule has 0 aliphatic carbocycles. The van der Waals surface area contributed by atoms with E-state index >= 15 is 0 Å². The van der Waals surface area contributed by atoms with Crippen LogP contribution in [0.1, 0.15) is 84.5 Å². The molecule has 0 rings (SSSR count). The van der Waals surface area contributed by atoms with Crippen LogP contribution in [0.5, 0.6) is 0 Å². The van der Waals surface area contributed by atoms with Crippen LogP contribution in [0, 0.1) is 0 Å². The molecule has 0 bridgehead atoms. The Morgan fingerprint density at radius 2 is 1.48 bits per heavy atom. The van der Waals surface area contributed by atoms with Gasteiger partial charge in [-0.25, -0.2) is 0 Å². The molecule has 0 aliphatic rings. The fraction of sp³-hybridized carbons (Fsp3) is 0.850. The van der Waals surface area contributed by atoms with Crippen LogP contribution in [-0.2, 0) is 9.53 Å². The van der Waals surface area contributed by atoms with E-state index in [1.165, 1.54) is 64.4 Å². The number of aliphatic hydroxyl groups excluding tert-OH is 2. The zero-order chi connectivity index (χ0) is 18.9. The van der Waals surface area contributed by atoms with Crippen LogP contribution < -0.4 is 5.73 Å². The van der Waals surface area contributed by atoms with Crippen LogP contribution in [-0.4, -0.2) is 41.0 Å². The predicted octanol–water partition coefficient (Wildman–Crippen LogP) is 3.47. The summed E-state index contributed by atoms with van der Waals surface area (Å²) < 4.78 is 4.75. The highest BCUT2D eigenvalue weighted by Gasteiger charge is 2.13. The van der Waals surface area contributed by atoms with Crippen LogP contribution >= 0.6 is 0 Å².